The molecule has 4 N–H and O–H groups in total. The van der Waals surface area contributed by atoms with Gasteiger partial charge in [0.25, 0.3) is 11.8 Å². The fraction of sp³-hybridized carbons (Fsp3) is 0.815. The molecular formula is C27H50N4O11. The molecule has 244 valence electrons. The van der Waals surface area contributed by atoms with Crippen molar-refractivity contribution >= 4 is 17.7 Å². The monoisotopic (exact) mass is 606 g/mol. The highest BCUT2D eigenvalue weighted by molar-refractivity contribution is 6.13. The van der Waals surface area contributed by atoms with Crippen LogP contribution in [0.25, 0.3) is 0 Å². The molecule has 3 amide bonds. The van der Waals surface area contributed by atoms with E-state index in [9.17, 15) is 14.4 Å². The number of nitrogens with zero attached hydrogens (tertiary/aromatic N) is 2. The van der Waals surface area contributed by atoms with Crippen molar-refractivity contribution in [3.63, 3.8) is 0 Å². The smallest absolute Gasteiger partial charge is 0.253 e. The maximum Gasteiger partial charge on any atom is 0.253 e. The number of carbonyl (C=O) groups excluding carboxylic acids is 3. The lowest BCUT2D eigenvalue weighted by Gasteiger charge is -2.24. The van der Waals surface area contributed by atoms with Crippen LogP contribution in [0.3, 0.4) is 0 Å². The van der Waals surface area contributed by atoms with Gasteiger partial charge in [-0.05, 0) is 0 Å². The SMILES string of the molecule is NCCOCCOCCOCCOCCN(CCOCCOCCOCCOCCN)C(=O)CCN1C(=O)C=CC1=O. The predicted octanol–water partition coefficient (Wildman–Crippen LogP) is -1.82. The van der Waals surface area contributed by atoms with Crippen molar-refractivity contribution in [2.45, 2.75) is 6.42 Å². The molecule has 0 atom stereocenters. The Morgan fingerprint density at radius 3 is 1.19 bits per heavy atom. The molecular weight excluding hydrogens is 556 g/mol. The van der Waals surface area contributed by atoms with Crippen LogP contribution in [-0.2, 0) is 52.3 Å². The van der Waals surface area contributed by atoms with E-state index in [-0.39, 0.29) is 18.9 Å². The molecule has 0 aromatic rings. The Balaban J connectivity index is 2.19. The zero-order valence-electron chi connectivity index (χ0n) is 24.8. The highest BCUT2D eigenvalue weighted by atomic mass is 16.6. The summed E-state index contributed by atoms with van der Waals surface area (Å²) >= 11 is 0. The summed E-state index contributed by atoms with van der Waals surface area (Å²) in [4.78, 5) is 39.1. The number of carbonyl (C=O) groups is 3. The van der Waals surface area contributed by atoms with Crippen LogP contribution in [0.15, 0.2) is 12.2 Å². The lowest BCUT2D eigenvalue weighted by Crippen LogP contribution is -2.40. The normalized spacial score (nSPS) is 13.0. The van der Waals surface area contributed by atoms with Crippen molar-refractivity contribution in [2.75, 3.05) is 138 Å². The Bertz CT molecular complexity index is 682. The number of hydrogen-bond donors (Lipinski definition) is 2. The second kappa shape index (κ2) is 27.8. The zero-order chi connectivity index (χ0) is 30.5. The van der Waals surface area contributed by atoms with E-state index in [1.165, 1.54) is 12.2 Å². The first-order chi connectivity index (χ1) is 20.6. The van der Waals surface area contributed by atoms with Crippen LogP contribution < -0.4 is 11.5 Å². The number of hydrogen-bond acceptors (Lipinski definition) is 13. The van der Waals surface area contributed by atoms with Crippen molar-refractivity contribution in [1.82, 2.24) is 9.80 Å². The van der Waals surface area contributed by atoms with Crippen LogP contribution in [0.2, 0.25) is 0 Å². The number of amides is 3. The number of ether oxygens (including phenoxy) is 8. The second-order valence-electron chi connectivity index (χ2n) is 8.77. The van der Waals surface area contributed by atoms with Gasteiger partial charge in [-0.25, -0.2) is 0 Å². The van der Waals surface area contributed by atoms with E-state index >= 15 is 0 Å². The van der Waals surface area contributed by atoms with Crippen LogP contribution in [0.1, 0.15) is 6.42 Å². The van der Waals surface area contributed by atoms with Gasteiger partial charge < -0.3 is 54.3 Å². The minimum absolute atomic E-state index is 0.0138. The van der Waals surface area contributed by atoms with Gasteiger partial charge in [0.2, 0.25) is 5.91 Å². The molecule has 15 nitrogen and oxygen atoms in total. The Kier molecular flexibility index (Phi) is 25.1. The maximum atomic E-state index is 12.9. The number of nitrogens with two attached hydrogens (primary N) is 2. The average molecular weight is 607 g/mol. The summed E-state index contributed by atoms with van der Waals surface area (Å²) in [7, 11) is 0. The second-order valence-corrected chi connectivity index (χ2v) is 8.77. The molecule has 1 aliphatic heterocycles. The molecule has 0 fully saturated rings. The fourth-order valence-electron chi connectivity index (χ4n) is 3.42. The van der Waals surface area contributed by atoms with E-state index in [2.05, 4.69) is 0 Å². The third-order valence-electron chi connectivity index (χ3n) is 5.57. The van der Waals surface area contributed by atoms with Gasteiger partial charge in [0.1, 0.15) is 0 Å². The molecule has 0 aromatic heterocycles. The molecule has 0 saturated heterocycles. The van der Waals surface area contributed by atoms with Crippen molar-refractivity contribution < 1.29 is 52.3 Å². The molecule has 0 aromatic carbocycles. The summed E-state index contributed by atoms with van der Waals surface area (Å²) in [5.74, 6) is -1.04. The summed E-state index contributed by atoms with van der Waals surface area (Å²) < 4.78 is 43.3. The molecule has 0 bridgehead atoms. The third kappa shape index (κ3) is 20.8. The van der Waals surface area contributed by atoms with Gasteiger partial charge in [-0.1, -0.05) is 0 Å². The molecule has 0 saturated carbocycles. The topological polar surface area (TPSA) is 184 Å². The van der Waals surface area contributed by atoms with Gasteiger partial charge in [-0.2, -0.15) is 0 Å². The first kappa shape index (κ1) is 38.0. The van der Waals surface area contributed by atoms with Gasteiger partial charge in [0.05, 0.1) is 106 Å². The third-order valence-corrected chi connectivity index (χ3v) is 5.57. The van der Waals surface area contributed by atoms with Crippen LogP contribution in [0.4, 0.5) is 0 Å². The van der Waals surface area contributed by atoms with Crippen molar-refractivity contribution in [3.8, 4) is 0 Å². The van der Waals surface area contributed by atoms with E-state index in [1.807, 2.05) is 0 Å². The van der Waals surface area contributed by atoms with E-state index in [0.29, 0.717) is 132 Å². The molecule has 0 unspecified atom stereocenters. The molecule has 0 spiro atoms. The molecule has 1 aliphatic rings. The highest BCUT2D eigenvalue weighted by Crippen LogP contribution is 2.06. The summed E-state index contributed by atoms with van der Waals surface area (Å²) in [5, 5.41) is 0. The average Bonchev–Trinajstić information content (AvgIpc) is 3.31. The van der Waals surface area contributed by atoms with Crippen LogP contribution in [0.5, 0.6) is 0 Å². The quantitative estimate of drug-likeness (QED) is 0.0665. The van der Waals surface area contributed by atoms with E-state index in [1.54, 1.807) is 4.90 Å². The van der Waals surface area contributed by atoms with Crippen molar-refractivity contribution in [1.29, 1.82) is 0 Å². The lowest BCUT2D eigenvalue weighted by molar-refractivity contribution is -0.138. The zero-order valence-corrected chi connectivity index (χ0v) is 24.8. The predicted molar refractivity (Wildman–Crippen MR) is 152 cm³/mol. The fourth-order valence-corrected chi connectivity index (χ4v) is 3.42. The highest BCUT2D eigenvalue weighted by Gasteiger charge is 2.24. The summed E-state index contributed by atoms with van der Waals surface area (Å²) in [6.45, 7) is 8.54. The van der Waals surface area contributed by atoms with Gasteiger partial charge >= 0.3 is 0 Å². The molecule has 0 aliphatic carbocycles. The van der Waals surface area contributed by atoms with Crippen LogP contribution >= 0.6 is 0 Å². The molecule has 0 radical (unpaired) electrons. The van der Waals surface area contributed by atoms with Gasteiger partial charge in [-0.3, -0.25) is 19.3 Å². The largest absolute Gasteiger partial charge is 0.378 e. The first-order valence-corrected chi connectivity index (χ1v) is 14.4. The van der Waals surface area contributed by atoms with Crippen molar-refractivity contribution in [3.05, 3.63) is 12.2 Å². The molecule has 1 rings (SSSR count). The van der Waals surface area contributed by atoms with E-state index in [4.69, 9.17) is 49.4 Å². The summed E-state index contributed by atoms with van der Waals surface area (Å²) in [6, 6.07) is 0. The molecule has 1 heterocycles. The minimum atomic E-state index is -0.415. The van der Waals surface area contributed by atoms with E-state index < -0.39 is 11.8 Å². The van der Waals surface area contributed by atoms with Crippen LogP contribution in [-0.4, -0.2) is 166 Å². The summed E-state index contributed by atoms with van der Waals surface area (Å²) in [5.41, 5.74) is 10.7. The minimum Gasteiger partial charge on any atom is -0.378 e. The lowest BCUT2D eigenvalue weighted by atomic mass is 10.3. The Morgan fingerprint density at radius 1 is 0.548 bits per heavy atom. The van der Waals surface area contributed by atoms with Crippen molar-refractivity contribution in [2.24, 2.45) is 11.5 Å². The Hall–Kier alpha value is -2.05. The number of imide groups is 1. The number of rotatable bonds is 31. The molecule has 42 heavy (non-hydrogen) atoms. The maximum absolute atomic E-state index is 12.9. The van der Waals surface area contributed by atoms with Crippen LogP contribution in [0, 0.1) is 0 Å². The van der Waals surface area contributed by atoms with E-state index in [0.717, 1.165) is 4.90 Å². The standard InChI is InChI=1S/C27H50N4O11/c28-4-9-35-13-17-39-21-23-41-19-15-37-11-7-30(25(32)3-6-31-26(33)1-2-27(31)34)8-12-38-16-20-42-24-22-40-18-14-36-10-5-29/h1-2H,3-24,28-29H2. The van der Waals surface area contributed by atoms with Gasteiger partial charge in [0, 0.05) is 51.3 Å². The Morgan fingerprint density at radius 2 is 0.857 bits per heavy atom. The van der Waals surface area contributed by atoms with Gasteiger partial charge in [0.15, 0.2) is 0 Å². The molecule has 15 heteroatoms. The summed E-state index contributed by atoms with van der Waals surface area (Å²) in [6.07, 6.45) is 2.41. The first-order valence-electron chi connectivity index (χ1n) is 14.4. The Labute approximate surface area is 248 Å². The van der Waals surface area contributed by atoms with Gasteiger partial charge in [-0.15, -0.1) is 0 Å².